The molecular weight excluding hydrogens is 378 g/mol. The number of pyridine rings is 1. The molecule has 1 heterocycles. The van der Waals surface area contributed by atoms with Crippen molar-refractivity contribution < 1.29 is 4.79 Å². The number of fused-ring (bicyclic) bond motifs is 1. The molecule has 1 aromatic heterocycles. The summed E-state index contributed by atoms with van der Waals surface area (Å²) in [7, 11) is 4.05. The minimum absolute atomic E-state index is 0.125. The van der Waals surface area contributed by atoms with Crippen LogP contribution in [0.5, 0.6) is 0 Å². The van der Waals surface area contributed by atoms with Crippen molar-refractivity contribution in [2.24, 2.45) is 0 Å². The Balaban J connectivity index is 1.93. The summed E-state index contributed by atoms with van der Waals surface area (Å²) in [6.07, 6.45) is 0. The molecule has 1 N–H and O–H groups in total. The molecule has 0 aliphatic carbocycles. The first-order chi connectivity index (χ1) is 11.9. The third-order valence-corrected chi connectivity index (χ3v) is 4.32. The third kappa shape index (κ3) is 4.24. The lowest BCUT2D eigenvalue weighted by Gasteiger charge is -2.12. The van der Waals surface area contributed by atoms with Crippen LogP contribution in [0, 0.1) is 6.92 Å². The molecule has 5 heteroatoms. The zero-order valence-corrected chi connectivity index (χ0v) is 16.1. The first kappa shape index (κ1) is 17.6. The Labute approximate surface area is 156 Å². The number of hydrogen-bond acceptors (Lipinski definition) is 3. The summed E-state index contributed by atoms with van der Waals surface area (Å²) >= 11 is 3.46. The summed E-state index contributed by atoms with van der Waals surface area (Å²) in [6.45, 7) is 2.73. The van der Waals surface area contributed by atoms with Gasteiger partial charge < -0.3 is 10.2 Å². The van der Waals surface area contributed by atoms with Crippen molar-refractivity contribution in [2.75, 3.05) is 19.4 Å². The summed E-state index contributed by atoms with van der Waals surface area (Å²) in [6, 6.07) is 15.5. The second-order valence-corrected chi connectivity index (χ2v) is 7.28. The number of amides is 1. The number of aryl methyl sites for hydroxylation is 1. The lowest BCUT2D eigenvalue weighted by molar-refractivity contribution is 0.102. The van der Waals surface area contributed by atoms with E-state index in [1.165, 1.54) is 0 Å². The molecule has 1 amide bonds. The molecule has 4 nitrogen and oxygen atoms in total. The normalized spacial score (nSPS) is 11.1. The van der Waals surface area contributed by atoms with Crippen LogP contribution in [0.25, 0.3) is 10.9 Å². The Kier molecular flexibility index (Phi) is 5.16. The number of carbonyl (C=O) groups is 1. The van der Waals surface area contributed by atoms with Crippen molar-refractivity contribution in [3.63, 3.8) is 0 Å². The Hall–Kier alpha value is -2.24. The smallest absolute Gasteiger partial charge is 0.256 e. The van der Waals surface area contributed by atoms with E-state index in [-0.39, 0.29) is 5.91 Å². The fourth-order valence-electron chi connectivity index (χ4n) is 2.83. The minimum atomic E-state index is -0.125. The van der Waals surface area contributed by atoms with Gasteiger partial charge in [-0.3, -0.25) is 9.78 Å². The monoisotopic (exact) mass is 397 g/mol. The molecule has 0 aliphatic rings. The van der Waals surface area contributed by atoms with Gasteiger partial charge in [-0.25, -0.2) is 0 Å². The maximum atomic E-state index is 12.8. The average molecular weight is 398 g/mol. The molecule has 0 bridgehead atoms. The quantitative estimate of drug-likeness (QED) is 0.698. The van der Waals surface area contributed by atoms with E-state index in [9.17, 15) is 4.79 Å². The van der Waals surface area contributed by atoms with Gasteiger partial charge in [0.2, 0.25) is 0 Å². The van der Waals surface area contributed by atoms with Crippen LogP contribution in [0.2, 0.25) is 0 Å². The van der Waals surface area contributed by atoms with Gasteiger partial charge in [0, 0.05) is 27.8 Å². The molecule has 3 rings (SSSR count). The number of rotatable bonds is 4. The molecule has 0 atom stereocenters. The van der Waals surface area contributed by atoms with Gasteiger partial charge in [0.25, 0.3) is 5.91 Å². The molecule has 25 heavy (non-hydrogen) atoms. The molecule has 0 saturated heterocycles. The lowest BCUT2D eigenvalue weighted by atomic mass is 10.1. The van der Waals surface area contributed by atoms with Crippen LogP contribution < -0.4 is 5.32 Å². The molecule has 0 radical (unpaired) electrons. The maximum absolute atomic E-state index is 12.8. The lowest BCUT2D eigenvalue weighted by Crippen LogP contribution is -2.14. The highest BCUT2D eigenvalue weighted by Gasteiger charge is 2.13. The summed E-state index contributed by atoms with van der Waals surface area (Å²) in [4.78, 5) is 19.5. The van der Waals surface area contributed by atoms with E-state index in [2.05, 4.69) is 37.2 Å². The van der Waals surface area contributed by atoms with Gasteiger partial charge in [-0.2, -0.15) is 0 Å². The van der Waals surface area contributed by atoms with Gasteiger partial charge in [0.15, 0.2) is 0 Å². The second-order valence-electron chi connectivity index (χ2n) is 6.36. The van der Waals surface area contributed by atoms with E-state index in [0.29, 0.717) is 5.56 Å². The molecule has 0 unspecified atom stereocenters. The standard InChI is InChI=1S/C20H20BrN3O/c1-13-9-18(17-8-7-15(21)11-19(17)22-13)20(25)23-16-6-4-5-14(10-16)12-24(2)3/h4-11H,12H2,1-3H3,(H,23,25). The van der Waals surface area contributed by atoms with Crippen molar-refractivity contribution in [1.82, 2.24) is 9.88 Å². The van der Waals surface area contributed by atoms with Crippen molar-refractivity contribution >= 4 is 38.4 Å². The van der Waals surface area contributed by atoms with Gasteiger partial charge in [0.1, 0.15) is 0 Å². The number of nitrogens with zero attached hydrogens (tertiary/aromatic N) is 2. The van der Waals surface area contributed by atoms with Crippen molar-refractivity contribution in [2.45, 2.75) is 13.5 Å². The second kappa shape index (κ2) is 7.33. The maximum Gasteiger partial charge on any atom is 0.256 e. The van der Waals surface area contributed by atoms with Crippen LogP contribution in [-0.2, 0) is 6.54 Å². The SMILES string of the molecule is Cc1cc(C(=O)Nc2cccc(CN(C)C)c2)c2ccc(Br)cc2n1. The Morgan fingerprint density at radius 1 is 1.16 bits per heavy atom. The Morgan fingerprint density at radius 3 is 2.72 bits per heavy atom. The van der Waals surface area contributed by atoms with E-state index in [1.807, 2.05) is 63.5 Å². The summed E-state index contributed by atoms with van der Waals surface area (Å²) < 4.78 is 0.945. The van der Waals surface area contributed by atoms with Gasteiger partial charge in [-0.15, -0.1) is 0 Å². The van der Waals surface area contributed by atoms with Crippen LogP contribution in [0.4, 0.5) is 5.69 Å². The van der Waals surface area contributed by atoms with Crippen LogP contribution >= 0.6 is 15.9 Å². The van der Waals surface area contributed by atoms with Gasteiger partial charge in [-0.1, -0.05) is 34.1 Å². The van der Waals surface area contributed by atoms with E-state index >= 15 is 0 Å². The highest BCUT2D eigenvalue weighted by molar-refractivity contribution is 9.10. The molecule has 0 aliphatic heterocycles. The largest absolute Gasteiger partial charge is 0.322 e. The fourth-order valence-corrected chi connectivity index (χ4v) is 3.18. The number of halogens is 1. The van der Waals surface area contributed by atoms with Crippen LogP contribution in [0.15, 0.2) is 53.0 Å². The molecule has 0 fully saturated rings. The van der Waals surface area contributed by atoms with E-state index in [4.69, 9.17) is 0 Å². The molecule has 0 saturated carbocycles. The molecule has 0 spiro atoms. The first-order valence-corrected chi connectivity index (χ1v) is 8.83. The number of aromatic nitrogens is 1. The fraction of sp³-hybridized carbons (Fsp3) is 0.200. The Morgan fingerprint density at radius 2 is 1.96 bits per heavy atom. The Bertz CT molecular complexity index is 932. The zero-order chi connectivity index (χ0) is 18.0. The van der Waals surface area contributed by atoms with Gasteiger partial charge in [0.05, 0.1) is 11.1 Å². The van der Waals surface area contributed by atoms with Gasteiger partial charge >= 0.3 is 0 Å². The predicted octanol–water partition coefficient (Wildman–Crippen LogP) is 4.62. The number of benzene rings is 2. The first-order valence-electron chi connectivity index (χ1n) is 8.04. The minimum Gasteiger partial charge on any atom is -0.322 e. The molecule has 2 aromatic carbocycles. The van der Waals surface area contributed by atoms with E-state index in [0.717, 1.165) is 38.9 Å². The summed E-state index contributed by atoms with van der Waals surface area (Å²) in [5, 5.41) is 3.85. The van der Waals surface area contributed by atoms with Crippen molar-refractivity contribution in [1.29, 1.82) is 0 Å². The predicted molar refractivity (Wildman–Crippen MR) is 106 cm³/mol. The number of nitrogens with one attached hydrogen (secondary N) is 1. The van der Waals surface area contributed by atoms with E-state index in [1.54, 1.807) is 0 Å². The molecular formula is C20H20BrN3O. The third-order valence-electron chi connectivity index (χ3n) is 3.83. The highest BCUT2D eigenvalue weighted by atomic mass is 79.9. The zero-order valence-electron chi connectivity index (χ0n) is 14.5. The number of anilines is 1. The number of hydrogen-bond donors (Lipinski definition) is 1. The molecule has 3 aromatic rings. The van der Waals surface area contributed by atoms with Crippen LogP contribution in [0.3, 0.4) is 0 Å². The van der Waals surface area contributed by atoms with Crippen molar-refractivity contribution in [3.05, 3.63) is 69.8 Å². The van der Waals surface area contributed by atoms with Gasteiger partial charge in [-0.05, 0) is 56.9 Å². The van der Waals surface area contributed by atoms with Crippen molar-refractivity contribution in [3.8, 4) is 0 Å². The van der Waals surface area contributed by atoms with E-state index < -0.39 is 0 Å². The summed E-state index contributed by atoms with van der Waals surface area (Å²) in [5.41, 5.74) is 4.21. The highest BCUT2D eigenvalue weighted by Crippen LogP contribution is 2.23. The topological polar surface area (TPSA) is 45.2 Å². The van der Waals surface area contributed by atoms with Crippen LogP contribution in [0.1, 0.15) is 21.6 Å². The molecule has 128 valence electrons. The summed E-state index contributed by atoms with van der Waals surface area (Å²) in [5.74, 6) is -0.125. The number of carbonyl (C=O) groups excluding carboxylic acids is 1. The van der Waals surface area contributed by atoms with Crippen LogP contribution in [-0.4, -0.2) is 29.9 Å². The average Bonchev–Trinajstić information content (AvgIpc) is 2.53.